The first kappa shape index (κ1) is 20.3. The highest BCUT2D eigenvalue weighted by molar-refractivity contribution is 7.80. The van der Waals surface area contributed by atoms with Crippen LogP contribution in [0.3, 0.4) is 0 Å². The molecule has 0 aliphatic carbocycles. The Kier molecular flexibility index (Phi) is 5.64. The summed E-state index contributed by atoms with van der Waals surface area (Å²) < 4.78 is 13.4. The molecule has 1 N–H and O–H groups in total. The number of benzene rings is 1. The average Bonchev–Trinajstić information content (AvgIpc) is 3.56. The van der Waals surface area contributed by atoms with E-state index in [1.807, 2.05) is 67.7 Å². The molecule has 3 aromatic heterocycles. The number of anilines is 1. The highest BCUT2D eigenvalue weighted by Crippen LogP contribution is 2.42. The molecule has 4 aromatic rings. The number of furan rings is 1. The lowest BCUT2D eigenvalue weighted by Crippen LogP contribution is -2.30. The van der Waals surface area contributed by atoms with Crippen LogP contribution < -0.4 is 15.0 Å². The van der Waals surface area contributed by atoms with Gasteiger partial charge in [-0.15, -0.1) is 0 Å². The molecular formula is C25H24N4O2S. The lowest BCUT2D eigenvalue weighted by atomic mass is 10.0. The molecule has 7 heteroatoms. The van der Waals surface area contributed by atoms with Gasteiger partial charge < -0.3 is 23.9 Å². The molecule has 0 saturated carbocycles. The van der Waals surface area contributed by atoms with Crippen LogP contribution in [0.1, 0.15) is 36.2 Å². The summed E-state index contributed by atoms with van der Waals surface area (Å²) in [7, 11) is 0. The van der Waals surface area contributed by atoms with E-state index in [9.17, 15) is 0 Å². The molecular weight excluding hydrogens is 420 g/mol. The molecule has 1 aliphatic heterocycles. The monoisotopic (exact) mass is 444 g/mol. The molecule has 1 fully saturated rings. The Balaban J connectivity index is 1.57. The molecule has 4 heterocycles. The Morgan fingerprint density at radius 3 is 2.66 bits per heavy atom. The van der Waals surface area contributed by atoms with Gasteiger partial charge in [-0.1, -0.05) is 6.07 Å². The van der Waals surface area contributed by atoms with Gasteiger partial charge in [-0.25, -0.2) is 0 Å². The molecule has 32 heavy (non-hydrogen) atoms. The van der Waals surface area contributed by atoms with E-state index < -0.39 is 0 Å². The molecule has 0 bridgehead atoms. The lowest BCUT2D eigenvalue weighted by molar-refractivity contribution is 0.340. The second kappa shape index (κ2) is 8.88. The minimum atomic E-state index is -0.0967. The van der Waals surface area contributed by atoms with Crippen LogP contribution in [-0.4, -0.2) is 21.3 Å². The summed E-state index contributed by atoms with van der Waals surface area (Å²) in [4.78, 5) is 6.80. The van der Waals surface area contributed by atoms with Crippen molar-refractivity contribution in [3.05, 3.63) is 103 Å². The molecule has 1 aromatic carbocycles. The van der Waals surface area contributed by atoms with Crippen molar-refractivity contribution in [3.8, 4) is 5.75 Å². The van der Waals surface area contributed by atoms with Gasteiger partial charge in [-0.3, -0.25) is 4.98 Å². The van der Waals surface area contributed by atoms with E-state index >= 15 is 0 Å². The Morgan fingerprint density at radius 1 is 1.06 bits per heavy atom. The van der Waals surface area contributed by atoms with Gasteiger partial charge in [-0.05, 0) is 79.8 Å². The summed E-state index contributed by atoms with van der Waals surface area (Å²) >= 11 is 5.82. The molecule has 6 nitrogen and oxygen atoms in total. The van der Waals surface area contributed by atoms with E-state index in [1.165, 1.54) is 0 Å². The van der Waals surface area contributed by atoms with Crippen molar-refractivity contribution < 1.29 is 9.15 Å². The largest absolute Gasteiger partial charge is 0.494 e. The lowest BCUT2D eigenvalue weighted by Gasteiger charge is -2.29. The van der Waals surface area contributed by atoms with Crippen LogP contribution in [0.5, 0.6) is 5.75 Å². The van der Waals surface area contributed by atoms with Crippen LogP contribution in [0.4, 0.5) is 5.69 Å². The number of rotatable bonds is 7. The first-order valence-corrected chi connectivity index (χ1v) is 11.1. The standard InChI is InChI=1S/C25H24N4O2S/c1-2-30-19-12-10-18(11-13-19)29-24(23(27-25(29)32)21-8-3-4-14-26-21)22-9-5-15-28(22)17-20-7-6-16-31-20/h3-16,23-24H,2,17H2,1H3,(H,27,32)/t23-,24-/m0/s1. The summed E-state index contributed by atoms with van der Waals surface area (Å²) in [5, 5.41) is 4.18. The highest BCUT2D eigenvalue weighted by atomic mass is 32.1. The predicted molar refractivity (Wildman–Crippen MR) is 128 cm³/mol. The highest BCUT2D eigenvalue weighted by Gasteiger charge is 2.42. The van der Waals surface area contributed by atoms with Crippen LogP contribution in [0.2, 0.25) is 0 Å². The van der Waals surface area contributed by atoms with E-state index in [1.54, 1.807) is 6.26 Å². The normalized spacial score (nSPS) is 18.0. The van der Waals surface area contributed by atoms with Gasteiger partial charge in [0.15, 0.2) is 5.11 Å². The van der Waals surface area contributed by atoms with Crippen molar-refractivity contribution in [2.45, 2.75) is 25.6 Å². The summed E-state index contributed by atoms with van der Waals surface area (Å²) in [6.45, 7) is 3.26. The number of hydrogen-bond donors (Lipinski definition) is 1. The van der Waals surface area contributed by atoms with Gasteiger partial charge in [0.25, 0.3) is 0 Å². The number of ether oxygens (including phenoxy) is 1. The summed E-state index contributed by atoms with van der Waals surface area (Å²) in [5.41, 5.74) is 3.07. The smallest absolute Gasteiger partial charge is 0.174 e. The fourth-order valence-corrected chi connectivity index (χ4v) is 4.56. The molecule has 0 amide bonds. The maximum atomic E-state index is 5.82. The number of pyridine rings is 1. The second-order valence-corrected chi connectivity index (χ2v) is 7.95. The van der Waals surface area contributed by atoms with E-state index in [0.29, 0.717) is 18.3 Å². The molecule has 1 aliphatic rings. The number of aromatic nitrogens is 2. The number of nitrogens with one attached hydrogen (secondary N) is 1. The van der Waals surface area contributed by atoms with Crippen molar-refractivity contribution in [2.75, 3.05) is 11.5 Å². The van der Waals surface area contributed by atoms with Gasteiger partial charge in [0.1, 0.15) is 17.6 Å². The zero-order valence-corrected chi connectivity index (χ0v) is 18.5. The molecule has 5 rings (SSSR count). The van der Waals surface area contributed by atoms with Crippen LogP contribution >= 0.6 is 12.2 Å². The van der Waals surface area contributed by atoms with Gasteiger partial charge >= 0.3 is 0 Å². The maximum absolute atomic E-state index is 5.82. The molecule has 0 spiro atoms. The number of hydrogen-bond acceptors (Lipinski definition) is 4. The molecule has 162 valence electrons. The number of nitrogens with zero attached hydrogens (tertiary/aromatic N) is 3. The zero-order valence-electron chi connectivity index (χ0n) is 17.7. The van der Waals surface area contributed by atoms with Crippen LogP contribution in [-0.2, 0) is 6.54 Å². The molecule has 2 atom stereocenters. The first-order valence-electron chi connectivity index (χ1n) is 10.7. The summed E-state index contributed by atoms with van der Waals surface area (Å²) in [6, 6.07) is 21.9. The van der Waals surface area contributed by atoms with Crippen molar-refractivity contribution in [3.63, 3.8) is 0 Å². The Bertz CT molecular complexity index is 1170. The quantitative estimate of drug-likeness (QED) is 0.400. The third-order valence-electron chi connectivity index (χ3n) is 5.60. The van der Waals surface area contributed by atoms with Gasteiger partial charge in [0, 0.05) is 23.8 Å². The van der Waals surface area contributed by atoms with Crippen molar-refractivity contribution in [2.24, 2.45) is 0 Å². The molecule has 0 unspecified atom stereocenters. The Morgan fingerprint density at radius 2 is 1.94 bits per heavy atom. The third kappa shape index (κ3) is 3.87. The van der Waals surface area contributed by atoms with Crippen molar-refractivity contribution in [1.82, 2.24) is 14.9 Å². The van der Waals surface area contributed by atoms with Crippen LogP contribution in [0, 0.1) is 0 Å². The summed E-state index contributed by atoms with van der Waals surface area (Å²) in [5.74, 6) is 1.74. The van der Waals surface area contributed by atoms with E-state index in [0.717, 1.165) is 28.6 Å². The van der Waals surface area contributed by atoms with Gasteiger partial charge in [0.05, 0.1) is 31.2 Å². The van der Waals surface area contributed by atoms with Gasteiger partial charge in [0.2, 0.25) is 0 Å². The molecule has 1 saturated heterocycles. The topological polar surface area (TPSA) is 55.5 Å². The minimum absolute atomic E-state index is 0.0831. The zero-order chi connectivity index (χ0) is 21.9. The molecule has 0 radical (unpaired) electrons. The first-order chi connectivity index (χ1) is 15.7. The fraction of sp³-hybridized carbons (Fsp3) is 0.200. The predicted octanol–water partition coefficient (Wildman–Crippen LogP) is 5.10. The van der Waals surface area contributed by atoms with E-state index in [-0.39, 0.29) is 12.1 Å². The van der Waals surface area contributed by atoms with Gasteiger partial charge in [-0.2, -0.15) is 0 Å². The van der Waals surface area contributed by atoms with E-state index in [4.69, 9.17) is 21.4 Å². The second-order valence-electron chi connectivity index (χ2n) is 7.56. The fourth-order valence-electron chi connectivity index (χ4n) is 4.21. The minimum Gasteiger partial charge on any atom is -0.494 e. The summed E-state index contributed by atoms with van der Waals surface area (Å²) in [6.07, 6.45) is 5.59. The van der Waals surface area contributed by atoms with Crippen LogP contribution in [0.15, 0.2) is 89.8 Å². The van der Waals surface area contributed by atoms with Crippen molar-refractivity contribution >= 4 is 23.0 Å². The maximum Gasteiger partial charge on any atom is 0.174 e. The Labute approximate surface area is 192 Å². The van der Waals surface area contributed by atoms with E-state index in [2.05, 4.69) is 38.1 Å². The SMILES string of the molecule is CCOc1ccc(N2C(=S)N[C@@H](c3ccccn3)[C@@H]2c2cccn2Cc2ccco2)cc1. The average molecular weight is 445 g/mol. The van der Waals surface area contributed by atoms with Crippen molar-refractivity contribution in [1.29, 1.82) is 0 Å². The Hall–Kier alpha value is -3.58. The van der Waals surface area contributed by atoms with Crippen LogP contribution in [0.25, 0.3) is 0 Å². The number of thiocarbonyl (C=S) groups is 1. The third-order valence-corrected chi connectivity index (χ3v) is 5.91.